The summed E-state index contributed by atoms with van der Waals surface area (Å²) in [6.45, 7) is 1.33. The van der Waals surface area contributed by atoms with E-state index in [9.17, 15) is 15.2 Å². The van der Waals surface area contributed by atoms with Gasteiger partial charge in [0.15, 0.2) is 5.52 Å². The van der Waals surface area contributed by atoms with Crippen molar-refractivity contribution in [3.05, 3.63) is 22.2 Å². The first-order chi connectivity index (χ1) is 10.1. The summed E-state index contributed by atoms with van der Waals surface area (Å²) < 4.78 is 9.80. The van der Waals surface area contributed by atoms with E-state index >= 15 is 0 Å². The van der Waals surface area contributed by atoms with Crippen LogP contribution in [0.25, 0.3) is 11.0 Å². The zero-order valence-corrected chi connectivity index (χ0v) is 11.1. The van der Waals surface area contributed by atoms with Crippen molar-refractivity contribution < 1.29 is 19.4 Å². The zero-order chi connectivity index (χ0) is 14.9. The quantitative estimate of drug-likeness (QED) is 0.634. The van der Waals surface area contributed by atoms with E-state index < -0.39 is 10.5 Å². The van der Waals surface area contributed by atoms with E-state index in [0.717, 1.165) is 0 Å². The van der Waals surface area contributed by atoms with E-state index in [4.69, 9.17) is 4.74 Å². The van der Waals surface area contributed by atoms with E-state index in [0.29, 0.717) is 38.3 Å². The number of nitrogens with one attached hydrogen (secondary N) is 1. The van der Waals surface area contributed by atoms with Crippen LogP contribution in [0.15, 0.2) is 16.8 Å². The maximum Gasteiger partial charge on any atom is 0.300 e. The standard InChI is InChI=1S/C12H14N4O5/c17-12(3-5-20-6-4-12)7-13-8-1-2-9(16(18)19)11-10(8)14-21-15-11/h1-2,13,17H,3-7H2. The predicted molar refractivity (Wildman–Crippen MR) is 72.0 cm³/mol. The molecule has 1 aliphatic rings. The van der Waals surface area contributed by atoms with Gasteiger partial charge in [-0.3, -0.25) is 10.1 Å². The molecule has 9 nitrogen and oxygen atoms in total. The van der Waals surface area contributed by atoms with Crippen molar-refractivity contribution in [2.75, 3.05) is 25.1 Å². The lowest BCUT2D eigenvalue weighted by Crippen LogP contribution is -2.42. The molecule has 0 bridgehead atoms. The summed E-state index contributed by atoms with van der Waals surface area (Å²) in [5.41, 5.74) is -0.120. The highest BCUT2D eigenvalue weighted by Gasteiger charge is 2.30. The Morgan fingerprint density at radius 1 is 1.33 bits per heavy atom. The fraction of sp³-hybridized carbons (Fsp3) is 0.500. The van der Waals surface area contributed by atoms with Gasteiger partial charge in [-0.1, -0.05) is 0 Å². The first-order valence-electron chi connectivity index (χ1n) is 6.53. The van der Waals surface area contributed by atoms with Crippen LogP contribution < -0.4 is 5.32 Å². The number of benzene rings is 1. The van der Waals surface area contributed by atoms with Crippen molar-refractivity contribution in [3.8, 4) is 0 Å². The molecule has 0 amide bonds. The predicted octanol–water partition coefficient (Wildman–Crippen LogP) is 1.08. The Bertz CT molecular complexity index is 665. The van der Waals surface area contributed by atoms with Gasteiger partial charge in [0.05, 0.1) is 16.2 Å². The number of hydrogen-bond donors (Lipinski definition) is 2. The Morgan fingerprint density at radius 2 is 2.05 bits per heavy atom. The lowest BCUT2D eigenvalue weighted by molar-refractivity contribution is -0.383. The molecule has 0 spiro atoms. The summed E-state index contributed by atoms with van der Waals surface area (Å²) in [7, 11) is 0. The topological polar surface area (TPSA) is 124 Å². The van der Waals surface area contributed by atoms with Crippen LogP contribution in [-0.2, 0) is 4.74 Å². The van der Waals surface area contributed by atoms with Crippen LogP contribution in [0.2, 0.25) is 0 Å². The van der Waals surface area contributed by atoms with Gasteiger partial charge in [0.1, 0.15) is 0 Å². The Kier molecular flexibility index (Phi) is 3.43. The molecule has 0 atom stereocenters. The minimum atomic E-state index is -0.858. The number of rotatable bonds is 4. The van der Waals surface area contributed by atoms with Crippen LogP contribution in [0, 0.1) is 10.1 Å². The molecule has 1 aromatic carbocycles. The highest BCUT2D eigenvalue weighted by molar-refractivity contribution is 5.93. The smallest absolute Gasteiger partial charge is 0.300 e. The fourth-order valence-electron chi connectivity index (χ4n) is 2.33. The molecule has 0 saturated carbocycles. The maximum atomic E-state index is 10.9. The largest absolute Gasteiger partial charge is 0.388 e. The lowest BCUT2D eigenvalue weighted by Gasteiger charge is -2.32. The minimum Gasteiger partial charge on any atom is -0.388 e. The van der Waals surface area contributed by atoms with Crippen molar-refractivity contribution in [1.82, 2.24) is 10.3 Å². The Balaban J connectivity index is 1.83. The molecule has 1 aliphatic heterocycles. The monoisotopic (exact) mass is 294 g/mol. The molecule has 0 aliphatic carbocycles. The number of ether oxygens (including phenoxy) is 1. The number of nitro benzene ring substituents is 1. The first kappa shape index (κ1) is 13.7. The number of aliphatic hydroxyl groups is 1. The first-order valence-corrected chi connectivity index (χ1v) is 6.53. The van der Waals surface area contributed by atoms with Gasteiger partial charge in [-0.25, -0.2) is 4.63 Å². The van der Waals surface area contributed by atoms with Crippen molar-refractivity contribution in [3.63, 3.8) is 0 Å². The van der Waals surface area contributed by atoms with Gasteiger partial charge in [0.25, 0.3) is 0 Å². The van der Waals surface area contributed by atoms with Crippen molar-refractivity contribution in [2.24, 2.45) is 0 Å². The molecule has 2 N–H and O–H groups in total. The van der Waals surface area contributed by atoms with Crippen LogP contribution in [0.1, 0.15) is 12.8 Å². The molecule has 0 radical (unpaired) electrons. The number of hydrogen-bond acceptors (Lipinski definition) is 8. The average molecular weight is 294 g/mol. The molecule has 9 heteroatoms. The second-order valence-electron chi connectivity index (χ2n) is 5.04. The van der Waals surface area contributed by atoms with E-state index in [2.05, 4.69) is 20.3 Å². The van der Waals surface area contributed by atoms with Gasteiger partial charge < -0.3 is 15.2 Å². The Hall–Kier alpha value is -2.26. The highest BCUT2D eigenvalue weighted by Crippen LogP contribution is 2.29. The molecule has 0 unspecified atom stereocenters. The molecular formula is C12H14N4O5. The SMILES string of the molecule is O=[N+]([O-])c1ccc(NCC2(O)CCOCC2)c2nonc12. The summed E-state index contributed by atoms with van der Waals surface area (Å²) in [4.78, 5) is 10.4. The van der Waals surface area contributed by atoms with E-state index in [1.165, 1.54) is 12.1 Å². The zero-order valence-electron chi connectivity index (χ0n) is 11.1. The van der Waals surface area contributed by atoms with Crippen LogP contribution in [-0.4, -0.2) is 45.7 Å². The normalized spacial score (nSPS) is 17.8. The molecule has 21 heavy (non-hydrogen) atoms. The van der Waals surface area contributed by atoms with E-state index in [-0.39, 0.29) is 16.7 Å². The summed E-state index contributed by atoms with van der Waals surface area (Å²) in [6.07, 6.45) is 1.07. The second-order valence-corrected chi connectivity index (χ2v) is 5.04. The maximum absolute atomic E-state index is 10.9. The number of nitrogens with zero attached hydrogens (tertiary/aromatic N) is 3. The highest BCUT2D eigenvalue weighted by atomic mass is 16.6. The molecule has 1 fully saturated rings. The van der Waals surface area contributed by atoms with Gasteiger partial charge in [-0.2, -0.15) is 0 Å². The second kappa shape index (κ2) is 5.26. The van der Waals surface area contributed by atoms with Gasteiger partial charge in [0.2, 0.25) is 5.52 Å². The molecule has 2 aromatic rings. The number of anilines is 1. The summed E-state index contributed by atoms with van der Waals surface area (Å²) >= 11 is 0. The number of nitro groups is 1. The number of fused-ring (bicyclic) bond motifs is 1. The van der Waals surface area contributed by atoms with E-state index in [1.807, 2.05) is 0 Å². The fourth-order valence-corrected chi connectivity index (χ4v) is 2.33. The molecular weight excluding hydrogens is 280 g/mol. The molecule has 2 heterocycles. The summed E-state index contributed by atoms with van der Waals surface area (Å²) in [5, 5.41) is 31.6. The van der Waals surface area contributed by atoms with Crippen molar-refractivity contribution >= 4 is 22.4 Å². The van der Waals surface area contributed by atoms with Gasteiger partial charge in [-0.05, 0) is 16.4 Å². The third-order valence-electron chi connectivity index (χ3n) is 3.62. The van der Waals surface area contributed by atoms with Gasteiger partial charge in [-0.15, -0.1) is 0 Å². The Labute approximate surface area is 119 Å². The summed E-state index contributed by atoms with van der Waals surface area (Å²) in [6, 6.07) is 2.87. The van der Waals surface area contributed by atoms with Crippen LogP contribution >= 0.6 is 0 Å². The third-order valence-corrected chi connectivity index (χ3v) is 3.62. The number of non-ortho nitro benzene ring substituents is 1. The van der Waals surface area contributed by atoms with Crippen LogP contribution in [0.4, 0.5) is 11.4 Å². The molecule has 3 rings (SSSR count). The average Bonchev–Trinajstić information content (AvgIpc) is 2.94. The van der Waals surface area contributed by atoms with Crippen LogP contribution in [0.3, 0.4) is 0 Å². The minimum absolute atomic E-state index is 0.0870. The number of aromatic nitrogens is 2. The molecule has 1 saturated heterocycles. The molecule has 1 aromatic heterocycles. The van der Waals surface area contributed by atoms with E-state index in [1.54, 1.807) is 0 Å². The van der Waals surface area contributed by atoms with Gasteiger partial charge in [0, 0.05) is 38.7 Å². The lowest BCUT2D eigenvalue weighted by atomic mass is 9.94. The van der Waals surface area contributed by atoms with Crippen LogP contribution in [0.5, 0.6) is 0 Å². The molecule has 112 valence electrons. The van der Waals surface area contributed by atoms with Gasteiger partial charge >= 0.3 is 5.69 Å². The van der Waals surface area contributed by atoms with Crippen molar-refractivity contribution in [2.45, 2.75) is 18.4 Å². The Morgan fingerprint density at radius 3 is 2.76 bits per heavy atom. The summed E-state index contributed by atoms with van der Waals surface area (Å²) in [5.74, 6) is 0. The third kappa shape index (κ3) is 2.65. The van der Waals surface area contributed by atoms with Crippen molar-refractivity contribution in [1.29, 1.82) is 0 Å².